The number of benzene rings is 1. The highest BCUT2D eigenvalue weighted by Crippen LogP contribution is 2.29. The van der Waals surface area contributed by atoms with Crippen LogP contribution in [0.15, 0.2) is 18.2 Å². The zero-order chi connectivity index (χ0) is 20.4. The number of amides is 1. The number of rotatable bonds is 11. The summed E-state index contributed by atoms with van der Waals surface area (Å²) in [7, 11) is 0. The minimum atomic E-state index is -0.558. The quantitative estimate of drug-likeness (QED) is 0.428. The molecule has 0 aliphatic rings. The molecular formula is C21H33NO5. The summed E-state index contributed by atoms with van der Waals surface area (Å²) in [4.78, 5) is 26.4. The Kier molecular flexibility index (Phi) is 9.68. The number of unbranched alkanes of at least 4 members (excludes halogenated alkanes) is 1. The molecule has 0 aromatic heterocycles. The molecule has 6 heteroatoms. The Morgan fingerprint density at radius 3 is 2.22 bits per heavy atom. The van der Waals surface area contributed by atoms with Crippen molar-refractivity contribution in [1.82, 2.24) is 4.90 Å². The lowest BCUT2D eigenvalue weighted by atomic mass is 10.2. The van der Waals surface area contributed by atoms with E-state index >= 15 is 0 Å². The van der Waals surface area contributed by atoms with Gasteiger partial charge >= 0.3 is 5.97 Å². The zero-order valence-electron chi connectivity index (χ0n) is 17.4. The van der Waals surface area contributed by atoms with E-state index in [1.54, 1.807) is 23.1 Å². The average Bonchev–Trinajstić information content (AvgIpc) is 2.60. The van der Waals surface area contributed by atoms with Crippen molar-refractivity contribution in [2.24, 2.45) is 0 Å². The fourth-order valence-electron chi connectivity index (χ4n) is 2.81. The minimum absolute atomic E-state index is 0.0420. The lowest BCUT2D eigenvalue weighted by Crippen LogP contribution is -2.44. The number of nitrogens with zero attached hydrogens (tertiary/aromatic N) is 1. The molecule has 6 nitrogen and oxygen atoms in total. The van der Waals surface area contributed by atoms with E-state index in [9.17, 15) is 9.59 Å². The van der Waals surface area contributed by atoms with E-state index in [-0.39, 0.29) is 24.6 Å². The zero-order valence-corrected chi connectivity index (χ0v) is 17.4. The van der Waals surface area contributed by atoms with E-state index in [1.807, 2.05) is 34.6 Å². The average molecular weight is 379 g/mol. The van der Waals surface area contributed by atoms with E-state index in [4.69, 9.17) is 14.2 Å². The predicted octanol–water partition coefficient (Wildman–Crippen LogP) is 4.07. The van der Waals surface area contributed by atoms with Gasteiger partial charge < -0.3 is 19.1 Å². The Hall–Kier alpha value is -2.24. The highest BCUT2D eigenvalue weighted by atomic mass is 16.5. The van der Waals surface area contributed by atoms with Crippen molar-refractivity contribution in [2.75, 3.05) is 19.8 Å². The topological polar surface area (TPSA) is 65.1 Å². The van der Waals surface area contributed by atoms with Crippen molar-refractivity contribution in [3.63, 3.8) is 0 Å². The molecule has 1 aromatic carbocycles. The summed E-state index contributed by atoms with van der Waals surface area (Å²) in [6, 6.07) is 5.01. The first-order chi connectivity index (χ1) is 12.8. The maximum Gasteiger partial charge on any atom is 0.338 e. The molecule has 0 saturated carbocycles. The van der Waals surface area contributed by atoms with Gasteiger partial charge in [0.2, 0.25) is 0 Å². The van der Waals surface area contributed by atoms with Gasteiger partial charge in [0.1, 0.15) is 0 Å². The summed E-state index contributed by atoms with van der Waals surface area (Å²) in [5.74, 6) is 0.332. The van der Waals surface area contributed by atoms with Crippen LogP contribution in [0, 0.1) is 0 Å². The Morgan fingerprint density at radius 2 is 1.67 bits per heavy atom. The third kappa shape index (κ3) is 7.12. The second kappa shape index (κ2) is 11.5. The summed E-state index contributed by atoms with van der Waals surface area (Å²) in [6.07, 6.45) is 1.98. The van der Waals surface area contributed by atoms with E-state index in [1.165, 1.54) is 0 Å². The van der Waals surface area contributed by atoms with Gasteiger partial charge in [0.15, 0.2) is 18.1 Å². The SMILES string of the molecule is CCCCOc1ccc(C(=O)OCC(=O)N(C(C)C)C(C)C)cc1OCC. The molecule has 1 rings (SSSR count). The van der Waals surface area contributed by atoms with E-state index in [2.05, 4.69) is 6.92 Å². The van der Waals surface area contributed by atoms with Crippen molar-refractivity contribution >= 4 is 11.9 Å². The molecule has 0 radical (unpaired) electrons. The van der Waals surface area contributed by atoms with Crippen LogP contribution in [-0.4, -0.2) is 48.7 Å². The highest BCUT2D eigenvalue weighted by molar-refractivity contribution is 5.92. The summed E-state index contributed by atoms with van der Waals surface area (Å²) in [5, 5.41) is 0. The van der Waals surface area contributed by atoms with Gasteiger partial charge in [-0.1, -0.05) is 13.3 Å². The number of carbonyl (C=O) groups is 2. The smallest absolute Gasteiger partial charge is 0.338 e. The minimum Gasteiger partial charge on any atom is -0.490 e. The van der Waals surface area contributed by atoms with Crippen LogP contribution in [0.2, 0.25) is 0 Å². The molecule has 0 atom stereocenters. The van der Waals surface area contributed by atoms with E-state index in [0.29, 0.717) is 30.3 Å². The van der Waals surface area contributed by atoms with Crippen LogP contribution in [-0.2, 0) is 9.53 Å². The van der Waals surface area contributed by atoms with Gasteiger partial charge in [-0.3, -0.25) is 4.79 Å². The molecule has 27 heavy (non-hydrogen) atoms. The summed E-state index contributed by atoms with van der Waals surface area (Å²) < 4.78 is 16.5. The highest BCUT2D eigenvalue weighted by Gasteiger charge is 2.22. The second-order valence-corrected chi connectivity index (χ2v) is 6.86. The van der Waals surface area contributed by atoms with Crippen LogP contribution in [0.4, 0.5) is 0 Å². The monoisotopic (exact) mass is 379 g/mol. The summed E-state index contributed by atoms with van der Waals surface area (Å²) in [5.41, 5.74) is 0.328. The van der Waals surface area contributed by atoms with Crippen LogP contribution >= 0.6 is 0 Å². The van der Waals surface area contributed by atoms with Crippen LogP contribution in [0.1, 0.15) is 64.7 Å². The number of ether oxygens (including phenoxy) is 3. The van der Waals surface area contributed by atoms with Crippen molar-refractivity contribution in [2.45, 2.75) is 66.5 Å². The van der Waals surface area contributed by atoms with E-state index in [0.717, 1.165) is 12.8 Å². The van der Waals surface area contributed by atoms with Crippen LogP contribution in [0.5, 0.6) is 11.5 Å². The van der Waals surface area contributed by atoms with Gasteiger partial charge in [-0.25, -0.2) is 4.79 Å². The fourth-order valence-corrected chi connectivity index (χ4v) is 2.81. The van der Waals surface area contributed by atoms with Crippen LogP contribution in [0.25, 0.3) is 0 Å². The maximum absolute atomic E-state index is 12.4. The van der Waals surface area contributed by atoms with Gasteiger partial charge in [0.25, 0.3) is 5.91 Å². The first-order valence-corrected chi connectivity index (χ1v) is 9.69. The van der Waals surface area contributed by atoms with Crippen molar-refractivity contribution in [1.29, 1.82) is 0 Å². The largest absolute Gasteiger partial charge is 0.490 e. The fraction of sp³-hybridized carbons (Fsp3) is 0.619. The van der Waals surface area contributed by atoms with Crippen molar-refractivity contribution < 1.29 is 23.8 Å². The molecule has 0 heterocycles. The first kappa shape index (κ1) is 22.8. The summed E-state index contributed by atoms with van der Waals surface area (Å²) >= 11 is 0. The molecule has 1 aromatic rings. The van der Waals surface area contributed by atoms with Crippen molar-refractivity contribution in [3.8, 4) is 11.5 Å². The van der Waals surface area contributed by atoms with Gasteiger partial charge in [0.05, 0.1) is 18.8 Å². The standard InChI is InChI=1S/C21H33NO5/c1-7-9-12-26-18-11-10-17(13-19(18)25-8-2)21(24)27-14-20(23)22(15(3)4)16(5)6/h10-11,13,15-16H,7-9,12,14H2,1-6H3. The van der Waals surface area contributed by atoms with Gasteiger partial charge in [-0.2, -0.15) is 0 Å². The van der Waals surface area contributed by atoms with Crippen LogP contribution in [0.3, 0.4) is 0 Å². The Bertz CT molecular complexity index is 605. The normalized spacial score (nSPS) is 10.8. The maximum atomic E-state index is 12.4. The molecule has 0 unspecified atom stereocenters. The third-order valence-electron chi connectivity index (χ3n) is 3.96. The van der Waals surface area contributed by atoms with E-state index < -0.39 is 5.97 Å². The molecule has 0 spiro atoms. The first-order valence-electron chi connectivity index (χ1n) is 9.69. The van der Waals surface area contributed by atoms with Crippen LogP contribution < -0.4 is 9.47 Å². The second-order valence-electron chi connectivity index (χ2n) is 6.86. The molecule has 0 bridgehead atoms. The number of hydrogen-bond donors (Lipinski definition) is 0. The van der Waals surface area contributed by atoms with Gasteiger partial charge in [0, 0.05) is 12.1 Å². The number of hydrogen-bond acceptors (Lipinski definition) is 5. The molecule has 1 amide bonds. The number of carbonyl (C=O) groups excluding carboxylic acids is 2. The Morgan fingerprint density at radius 1 is 1.00 bits per heavy atom. The molecule has 0 saturated heterocycles. The Labute approximate surface area is 162 Å². The lowest BCUT2D eigenvalue weighted by Gasteiger charge is -2.30. The molecule has 152 valence electrons. The molecule has 0 N–H and O–H groups in total. The predicted molar refractivity (Wildman–Crippen MR) is 105 cm³/mol. The lowest BCUT2D eigenvalue weighted by molar-refractivity contribution is -0.138. The number of esters is 1. The van der Waals surface area contributed by atoms with Crippen molar-refractivity contribution in [3.05, 3.63) is 23.8 Å². The molecule has 0 fully saturated rings. The molecular weight excluding hydrogens is 346 g/mol. The van der Waals surface area contributed by atoms with Gasteiger partial charge in [-0.05, 0) is 59.2 Å². The third-order valence-corrected chi connectivity index (χ3v) is 3.96. The molecule has 0 aliphatic carbocycles. The Balaban J connectivity index is 2.79. The summed E-state index contributed by atoms with van der Waals surface area (Å²) in [6.45, 7) is 12.5. The van der Waals surface area contributed by atoms with Gasteiger partial charge in [-0.15, -0.1) is 0 Å². The molecule has 0 aliphatic heterocycles.